The third-order valence-corrected chi connectivity index (χ3v) is 6.46. The number of carbonyl (C=O) groups excluding carboxylic acids is 1. The van der Waals surface area contributed by atoms with Crippen molar-refractivity contribution >= 4 is 46.1 Å². The third-order valence-electron chi connectivity index (χ3n) is 5.25. The maximum atomic E-state index is 13.0. The van der Waals surface area contributed by atoms with Crippen LogP contribution in [0.15, 0.2) is 63.3 Å². The zero-order valence-electron chi connectivity index (χ0n) is 19.4. The van der Waals surface area contributed by atoms with E-state index >= 15 is 0 Å². The number of thioether (sulfide) groups is 1. The summed E-state index contributed by atoms with van der Waals surface area (Å²) in [6.45, 7) is 0.203. The molecule has 37 heavy (non-hydrogen) atoms. The summed E-state index contributed by atoms with van der Waals surface area (Å²) in [5, 5.41) is 3.40. The Bertz CT molecular complexity index is 1600. The molecule has 0 atom stereocenters. The predicted molar refractivity (Wildman–Crippen MR) is 133 cm³/mol. The number of nitrogens with zero attached hydrogens (tertiary/aromatic N) is 4. The van der Waals surface area contributed by atoms with Crippen molar-refractivity contribution in [3.63, 3.8) is 0 Å². The summed E-state index contributed by atoms with van der Waals surface area (Å²) < 4.78 is 44.6. The number of aryl methyl sites for hydroxylation is 1. The molecule has 1 amide bonds. The highest BCUT2D eigenvalue weighted by Gasteiger charge is 2.31. The first-order valence-corrected chi connectivity index (χ1v) is 12.0. The number of nitrogens with one attached hydrogen (secondary N) is 1. The van der Waals surface area contributed by atoms with Gasteiger partial charge in [0.1, 0.15) is 5.75 Å². The van der Waals surface area contributed by atoms with Crippen LogP contribution < -0.4 is 21.3 Å². The smallest absolute Gasteiger partial charge is 0.406 e. The highest BCUT2D eigenvalue weighted by molar-refractivity contribution is 7.99. The van der Waals surface area contributed by atoms with Gasteiger partial charge in [0.25, 0.3) is 5.56 Å². The van der Waals surface area contributed by atoms with Gasteiger partial charge in [0.05, 0.1) is 12.3 Å². The summed E-state index contributed by atoms with van der Waals surface area (Å²) in [4.78, 5) is 42.4. The maximum absolute atomic E-state index is 13.0. The topological polar surface area (TPSA) is 100 Å². The lowest BCUT2D eigenvalue weighted by Gasteiger charge is -2.11. The molecule has 0 aliphatic rings. The van der Waals surface area contributed by atoms with Crippen molar-refractivity contribution in [3.8, 4) is 5.75 Å². The number of benzene rings is 2. The molecule has 0 fully saturated rings. The normalized spacial score (nSPS) is 11.6. The second kappa shape index (κ2) is 10.3. The first-order valence-electron chi connectivity index (χ1n) is 10.6. The highest BCUT2D eigenvalue weighted by Crippen LogP contribution is 2.26. The molecule has 2 aromatic heterocycles. The quantitative estimate of drug-likeness (QED) is 0.350. The molecule has 4 aromatic rings. The van der Waals surface area contributed by atoms with Gasteiger partial charge in [-0.05, 0) is 42.0 Å². The summed E-state index contributed by atoms with van der Waals surface area (Å²) in [7, 11) is 2.86. The molecule has 2 aromatic carbocycles. The lowest BCUT2D eigenvalue weighted by atomic mass is 10.2. The van der Waals surface area contributed by atoms with Crippen LogP contribution in [0, 0.1) is 0 Å². The van der Waals surface area contributed by atoms with Crippen LogP contribution >= 0.6 is 23.4 Å². The summed E-state index contributed by atoms with van der Waals surface area (Å²) >= 11 is 7.14. The highest BCUT2D eigenvalue weighted by atomic mass is 35.5. The van der Waals surface area contributed by atoms with E-state index in [1.807, 2.05) is 6.07 Å². The van der Waals surface area contributed by atoms with E-state index in [1.165, 1.54) is 30.8 Å². The molecule has 0 aliphatic carbocycles. The van der Waals surface area contributed by atoms with Gasteiger partial charge in [0.15, 0.2) is 16.3 Å². The minimum atomic E-state index is -4.82. The first-order chi connectivity index (χ1) is 17.4. The van der Waals surface area contributed by atoms with Crippen molar-refractivity contribution < 1.29 is 22.7 Å². The van der Waals surface area contributed by atoms with E-state index < -0.39 is 29.3 Å². The standard InChI is InChI=1S/C23H19ClF3N5O4S/c1-30-19-18(20(34)31(2)22(30)35)32(11-13-4-3-5-14(24)10-13)21(29-19)37-12-17(33)28-15-6-8-16(9-7-15)36-23(25,26)27/h3-10H,11-12H2,1-2H3,(H,28,33). The Morgan fingerprint density at radius 3 is 2.46 bits per heavy atom. The van der Waals surface area contributed by atoms with Crippen molar-refractivity contribution in [3.05, 3.63) is 80.0 Å². The Balaban J connectivity index is 1.59. The van der Waals surface area contributed by atoms with Gasteiger partial charge in [-0.15, -0.1) is 13.2 Å². The molecule has 14 heteroatoms. The fourth-order valence-corrected chi connectivity index (χ4v) is 4.58. The molecule has 194 valence electrons. The van der Waals surface area contributed by atoms with Gasteiger partial charge in [-0.1, -0.05) is 35.5 Å². The summed E-state index contributed by atoms with van der Waals surface area (Å²) in [6.07, 6.45) is -4.82. The Morgan fingerprint density at radius 2 is 1.81 bits per heavy atom. The summed E-state index contributed by atoms with van der Waals surface area (Å²) in [6, 6.07) is 11.7. The lowest BCUT2D eigenvalue weighted by Crippen LogP contribution is -2.37. The van der Waals surface area contributed by atoms with Crippen LogP contribution in [0.3, 0.4) is 0 Å². The summed E-state index contributed by atoms with van der Waals surface area (Å²) in [5.41, 5.74) is 0.312. The zero-order chi connectivity index (χ0) is 26.9. The van der Waals surface area contributed by atoms with Gasteiger partial charge >= 0.3 is 12.1 Å². The number of ether oxygens (including phenoxy) is 1. The average molecular weight is 554 g/mol. The van der Waals surface area contributed by atoms with Gasteiger partial charge in [0.2, 0.25) is 5.91 Å². The zero-order valence-corrected chi connectivity index (χ0v) is 20.9. The van der Waals surface area contributed by atoms with E-state index in [2.05, 4.69) is 15.0 Å². The monoisotopic (exact) mass is 553 g/mol. The van der Waals surface area contributed by atoms with Crippen LogP contribution in [0.5, 0.6) is 5.75 Å². The number of aromatic nitrogens is 4. The van der Waals surface area contributed by atoms with E-state index in [1.54, 1.807) is 22.8 Å². The number of alkyl halides is 3. The van der Waals surface area contributed by atoms with Crippen molar-refractivity contribution in [2.45, 2.75) is 18.1 Å². The van der Waals surface area contributed by atoms with E-state index in [0.29, 0.717) is 10.2 Å². The van der Waals surface area contributed by atoms with E-state index in [9.17, 15) is 27.6 Å². The van der Waals surface area contributed by atoms with Crippen LogP contribution in [0.1, 0.15) is 5.56 Å². The number of carbonyl (C=O) groups is 1. The van der Waals surface area contributed by atoms with Crippen LogP contribution in [0.25, 0.3) is 11.2 Å². The second-order valence-corrected chi connectivity index (χ2v) is 9.28. The summed E-state index contributed by atoms with van der Waals surface area (Å²) in [5.74, 6) is -1.01. The van der Waals surface area contributed by atoms with E-state index in [-0.39, 0.29) is 29.1 Å². The number of amides is 1. The van der Waals surface area contributed by atoms with Crippen molar-refractivity contribution in [1.29, 1.82) is 0 Å². The fourth-order valence-electron chi connectivity index (χ4n) is 3.57. The Labute approximate surface area is 216 Å². The molecular formula is C23H19ClF3N5O4S. The Morgan fingerprint density at radius 1 is 1.11 bits per heavy atom. The molecule has 0 saturated heterocycles. The molecule has 0 aliphatic heterocycles. The number of fused-ring (bicyclic) bond motifs is 1. The number of anilines is 1. The molecule has 9 nitrogen and oxygen atoms in total. The largest absolute Gasteiger partial charge is 0.573 e. The fraction of sp³-hybridized carbons (Fsp3) is 0.217. The lowest BCUT2D eigenvalue weighted by molar-refractivity contribution is -0.274. The van der Waals surface area contributed by atoms with Crippen LogP contribution in [-0.2, 0) is 25.4 Å². The number of hydrogen-bond donors (Lipinski definition) is 1. The van der Waals surface area contributed by atoms with Crippen molar-refractivity contribution in [1.82, 2.24) is 18.7 Å². The minimum Gasteiger partial charge on any atom is -0.406 e. The maximum Gasteiger partial charge on any atom is 0.573 e. The van der Waals surface area contributed by atoms with Crippen LogP contribution in [-0.4, -0.2) is 36.7 Å². The predicted octanol–water partition coefficient (Wildman–Crippen LogP) is 3.76. The van der Waals surface area contributed by atoms with Gasteiger partial charge in [-0.2, -0.15) is 0 Å². The van der Waals surface area contributed by atoms with E-state index in [4.69, 9.17) is 11.6 Å². The SMILES string of the molecule is Cn1c(=O)c2c(nc(SCC(=O)Nc3ccc(OC(F)(F)F)cc3)n2Cc2cccc(Cl)c2)n(C)c1=O. The Kier molecular flexibility index (Phi) is 7.37. The van der Waals surface area contributed by atoms with Crippen molar-refractivity contribution in [2.75, 3.05) is 11.1 Å². The molecule has 0 radical (unpaired) electrons. The number of rotatable bonds is 7. The first kappa shape index (κ1) is 26.4. The van der Waals surface area contributed by atoms with Gasteiger partial charge in [-0.25, -0.2) is 9.78 Å². The van der Waals surface area contributed by atoms with Gasteiger partial charge < -0.3 is 14.6 Å². The van der Waals surface area contributed by atoms with E-state index in [0.717, 1.165) is 34.0 Å². The van der Waals surface area contributed by atoms with Crippen molar-refractivity contribution in [2.24, 2.45) is 14.1 Å². The minimum absolute atomic E-state index is 0.131. The molecule has 2 heterocycles. The number of halogens is 4. The van der Waals surface area contributed by atoms with Crippen LogP contribution in [0.4, 0.5) is 18.9 Å². The second-order valence-electron chi connectivity index (χ2n) is 7.90. The third kappa shape index (κ3) is 6.00. The number of imidazole rings is 1. The molecule has 0 saturated carbocycles. The molecule has 1 N–H and O–H groups in total. The molecule has 0 bridgehead atoms. The van der Waals surface area contributed by atoms with Gasteiger partial charge in [-0.3, -0.25) is 18.7 Å². The molecule has 4 rings (SSSR count). The van der Waals surface area contributed by atoms with Crippen LogP contribution in [0.2, 0.25) is 5.02 Å². The molecular weight excluding hydrogens is 535 g/mol. The average Bonchev–Trinajstić information content (AvgIpc) is 3.18. The Hall–Kier alpha value is -3.71. The number of hydrogen-bond acceptors (Lipinski definition) is 6. The molecule has 0 spiro atoms. The molecule has 0 unspecified atom stereocenters. The van der Waals surface area contributed by atoms with Gasteiger partial charge in [0, 0.05) is 24.8 Å².